The summed E-state index contributed by atoms with van der Waals surface area (Å²) in [5.74, 6) is -0.289. The summed E-state index contributed by atoms with van der Waals surface area (Å²) in [5.41, 5.74) is 11.2. The van der Waals surface area contributed by atoms with E-state index in [0.29, 0.717) is 6.54 Å². The number of para-hydroxylation sites is 1. The first kappa shape index (κ1) is 19.0. The lowest BCUT2D eigenvalue weighted by Gasteiger charge is -2.22. The summed E-state index contributed by atoms with van der Waals surface area (Å²) >= 11 is 0. The zero-order chi connectivity index (χ0) is 20.2. The maximum atomic E-state index is 11.6. The van der Waals surface area contributed by atoms with E-state index in [2.05, 4.69) is 77.0 Å². The highest BCUT2D eigenvalue weighted by molar-refractivity contribution is 5.92. The van der Waals surface area contributed by atoms with Crippen LogP contribution in [0.15, 0.2) is 84.9 Å². The van der Waals surface area contributed by atoms with Crippen LogP contribution in [-0.2, 0) is 4.79 Å². The van der Waals surface area contributed by atoms with Crippen LogP contribution in [0.3, 0.4) is 0 Å². The molecule has 0 aliphatic rings. The van der Waals surface area contributed by atoms with Crippen molar-refractivity contribution < 1.29 is 4.79 Å². The predicted octanol–water partition coefficient (Wildman–Crippen LogP) is 4.43. The lowest BCUT2D eigenvalue weighted by atomic mass is 9.87. The van der Waals surface area contributed by atoms with Gasteiger partial charge in [0.25, 0.3) is 0 Å². The number of carbonyl (C=O) groups is 1. The fourth-order valence-corrected chi connectivity index (χ4v) is 3.83. The Bertz CT molecular complexity index is 1100. The van der Waals surface area contributed by atoms with Crippen molar-refractivity contribution in [1.29, 1.82) is 0 Å². The van der Waals surface area contributed by atoms with E-state index in [9.17, 15) is 4.79 Å². The SMILES string of the molecule is C[C@@H](NC[C@H](c1ccccc1)c1c(-c2ccccc2)[nH]c2ccccc12)C(N)=O. The largest absolute Gasteiger partial charge is 0.368 e. The third-order valence-corrected chi connectivity index (χ3v) is 5.41. The van der Waals surface area contributed by atoms with E-state index in [1.54, 1.807) is 6.92 Å². The number of amides is 1. The number of primary amides is 1. The molecule has 2 atom stereocenters. The van der Waals surface area contributed by atoms with E-state index in [1.165, 1.54) is 16.5 Å². The molecule has 0 fully saturated rings. The lowest BCUT2D eigenvalue weighted by molar-refractivity contribution is -0.119. The van der Waals surface area contributed by atoms with Crippen molar-refractivity contribution in [2.75, 3.05) is 6.54 Å². The first-order valence-electron chi connectivity index (χ1n) is 9.89. The van der Waals surface area contributed by atoms with Gasteiger partial charge in [-0.1, -0.05) is 78.9 Å². The molecule has 4 heteroatoms. The van der Waals surface area contributed by atoms with Crippen LogP contribution in [0.2, 0.25) is 0 Å². The molecule has 1 amide bonds. The van der Waals surface area contributed by atoms with Gasteiger partial charge in [-0.05, 0) is 29.7 Å². The molecule has 0 bridgehead atoms. The summed E-state index contributed by atoms with van der Waals surface area (Å²) < 4.78 is 0. The minimum absolute atomic E-state index is 0.0596. The Labute approximate surface area is 170 Å². The monoisotopic (exact) mass is 383 g/mol. The van der Waals surface area contributed by atoms with Crippen molar-refractivity contribution in [2.24, 2.45) is 5.73 Å². The van der Waals surface area contributed by atoms with Crippen molar-refractivity contribution in [2.45, 2.75) is 18.9 Å². The quantitative estimate of drug-likeness (QED) is 0.442. The molecule has 4 N–H and O–H groups in total. The van der Waals surface area contributed by atoms with Gasteiger partial charge in [0.15, 0.2) is 0 Å². The zero-order valence-electron chi connectivity index (χ0n) is 16.4. The summed E-state index contributed by atoms with van der Waals surface area (Å²) in [6, 6.07) is 28.7. The molecule has 0 radical (unpaired) electrons. The third-order valence-electron chi connectivity index (χ3n) is 5.41. The Kier molecular flexibility index (Phi) is 5.45. The summed E-state index contributed by atoms with van der Waals surface area (Å²) in [4.78, 5) is 15.2. The smallest absolute Gasteiger partial charge is 0.234 e. The van der Waals surface area contributed by atoms with Gasteiger partial charge >= 0.3 is 0 Å². The molecule has 0 saturated heterocycles. The topological polar surface area (TPSA) is 70.9 Å². The zero-order valence-corrected chi connectivity index (χ0v) is 16.4. The van der Waals surface area contributed by atoms with Gasteiger partial charge in [0.2, 0.25) is 5.91 Å². The predicted molar refractivity (Wildman–Crippen MR) is 119 cm³/mol. The fraction of sp³-hybridized carbons (Fsp3) is 0.160. The molecule has 1 aromatic heterocycles. The summed E-state index contributed by atoms with van der Waals surface area (Å²) in [5, 5.41) is 4.51. The Balaban J connectivity index is 1.88. The van der Waals surface area contributed by atoms with Crippen LogP contribution >= 0.6 is 0 Å². The number of nitrogens with one attached hydrogen (secondary N) is 2. The molecule has 29 heavy (non-hydrogen) atoms. The number of nitrogens with two attached hydrogens (primary N) is 1. The van der Waals surface area contributed by atoms with E-state index in [1.807, 2.05) is 18.2 Å². The van der Waals surface area contributed by atoms with Crippen LogP contribution in [0.4, 0.5) is 0 Å². The van der Waals surface area contributed by atoms with E-state index in [0.717, 1.165) is 16.8 Å². The maximum absolute atomic E-state index is 11.6. The minimum atomic E-state index is -0.397. The number of hydrogen-bond donors (Lipinski definition) is 3. The number of rotatable bonds is 7. The van der Waals surface area contributed by atoms with Gasteiger partial charge in [-0.2, -0.15) is 0 Å². The molecule has 4 aromatic rings. The molecule has 0 spiro atoms. The Morgan fingerprint density at radius 1 is 0.931 bits per heavy atom. The van der Waals surface area contributed by atoms with Gasteiger partial charge in [0.05, 0.1) is 11.7 Å². The number of fused-ring (bicyclic) bond motifs is 1. The second kappa shape index (κ2) is 8.33. The van der Waals surface area contributed by atoms with E-state index in [-0.39, 0.29) is 11.8 Å². The highest BCUT2D eigenvalue weighted by Gasteiger charge is 2.24. The second-order valence-electron chi connectivity index (χ2n) is 7.32. The number of H-pyrrole nitrogens is 1. The van der Waals surface area contributed by atoms with Crippen molar-refractivity contribution in [3.8, 4) is 11.3 Å². The molecule has 0 aliphatic heterocycles. The van der Waals surface area contributed by atoms with E-state index in [4.69, 9.17) is 5.73 Å². The third kappa shape index (κ3) is 3.93. The maximum Gasteiger partial charge on any atom is 0.234 e. The number of aromatic nitrogens is 1. The van der Waals surface area contributed by atoms with Crippen molar-refractivity contribution in [3.05, 3.63) is 96.1 Å². The fourth-order valence-electron chi connectivity index (χ4n) is 3.83. The molecule has 4 rings (SSSR count). The molecule has 146 valence electrons. The van der Waals surface area contributed by atoms with Crippen molar-refractivity contribution in [3.63, 3.8) is 0 Å². The molecule has 0 saturated carbocycles. The Morgan fingerprint density at radius 2 is 1.55 bits per heavy atom. The minimum Gasteiger partial charge on any atom is -0.368 e. The molecule has 3 aromatic carbocycles. The summed E-state index contributed by atoms with van der Waals surface area (Å²) in [7, 11) is 0. The van der Waals surface area contributed by atoms with E-state index >= 15 is 0 Å². The molecular formula is C25H25N3O. The molecule has 4 nitrogen and oxygen atoms in total. The van der Waals surface area contributed by atoms with Gasteiger partial charge in [-0.3, -0.25) is 4.79 Å². The van der Waals surface area contributed by atoms with Gasteiger partial charge in [0.1, 0.15) is 0 Å². The Hall–Kier alpha value is -3.37. The number of hydrogen-bond acceptors (Lipinski definition) is 2. The number of carbonyl (C=O) groups excluding carboxylic acids is 1. The first-order chi connectivity index (χ1) is 14.1. The van der Waals surface area contributed by atoms with Gasteiger partial charge in [0, 0.05) is 23.4 Å². The standard InChI is InChI=1S/C25H25N3O/c1-17(25(26)29)27-16-21(18-10-4-2-5-11-18)23-20-14-8-9-15-22(20)28-24(23)19-12-6-3-7-13-19/h2-15,17,21,27-28H,16H2,1H3,(H2,26,29)/t17-,21-/m1/s1. The van der Waals surface area contributed by atoms with Crippen LogP contribution in [-0.4, -0.2) is 23.5 Å². The summed E-state index contributed by atoms with van der Waals surface area (Å²) in [6.07, 6.45) is 0. The highest BCUT2D eigenvalue weighted by Crippen LogP contribution is 2.38. The molecular weight excluding hydrogens is 358 g/mol. The van der Waals surface area contributed by atoms with Gasteiger partial charge in [-0.15, -0.1) is 0 Å². The van der Waals surface area contributed by atoms with Gasteiger partial charge < -0.3 is 16.0 Å². The molecule has 0 unspecified atom stereocenters. The van der Waals surface area contributed by atoms with Crippen LogP contribution in [0.5, 0.6) is 0 Å². The highest BCUT2D eigenvalue weighted by atomic mass is 16.1. The second-order valence-corrected chi connectivity index (χ2v) is 7.32. The lowest BCUT2D eigenvalue weighted by Crippen LogP contribution is -2.40. The average molecular weight is 383 g/mol. The van der Waals surface area contributed by atoms with Crippen molar-refractivity contribution in [1.82, 2.24) is 10.3 Å². The van der Waals surface area contributed by atoms with Crippen LogP contribution in [0, 0.1) is 0 Å². The Morgan fingerprint density at radius 3 is 2.24 bits per heavy atom. The van der Waals surface area contributed by atoms with Gasteiger partial charge in [-0.25, -0.2) is 0 Å². The van der Waals surface area contributed by atoms with Crippen LogP contribution in [0.1, 0.15) is 24.0 Å². The number of benzene rings is 3. The van der Waals surface area contributed by atoms with Crippen LogP contribution in [0.25, 0.3) is 22.2 Å². The van der Waals surface area contributed by atoms with E-state index < -0.39 is 6.04 Å². The molecule has 0 aliphatic carbocycles. The molecule has 1 heterocycles. The average Bonchev–Trinajstić information content (AvgIpc) is 3.14. The summed E-state index contributed by atoms with van der Waals surface area (Å²) in [6.45, 7) is 2.41. The first-order valence-corrected chi connectivity index (χ1v) is 9.89. The van der Waals surface area contributed by atoms with Crippen molar-refractivity contribution >= 4 is 16.8 Å². The van der Waals surface area contributed by atoms with Crippen LogP contribution < -0.4 is 11.1 Å². The normalized spacial score (nSPS) is 13.3. The number of aromatic amines is 1.